The summed E-state index contributed by atoms with van der Waals surface area (Å²) in [6.45, 7) is 1.84. The van der Waals surface area contributed by atoms with Crippen molar-refractivity contribution < 1.29 is 4.39 Å². The molecule has 2 aromatic carbocycles. The summed E-state index contributed by atoms with van der Waals surface area (Å²) in [6, 6.07) is 10.4. The zero-order valence-electron chi connectivity index (χ0n) is 16.7. The van der Waals surface area contributed by atoms with Crippen LogP contribution in [0.15, 0.2) is 53.6 Å². The van der Waals surface area contributed by atoms with Crippen LogP contribution in [0.3, 0.4) is 0 Å². The molecule has 3 aromatic heterocycles. The van der Waals surface area contributed by atoms with Crippen molar-refractivity contribution in [3.63, 3.8) is 0 Å². The van der Waals surface area contributed by atoms with Crippen LogP contribution in [0.4, 0.5) is 10.2 Å². The van der Waals surface area contributed by atoms with E-state index in [1.165, 1.54) is 33.6 Å². The molecule has 160 valence electrons. The second-order valence-electron chi connectivity index (χ2n) is 7.12. The molecular weight excluding hydrogens is 496 g/mol. The van der Waals surface area contributed by atoms with Gasteiger partial charge < -0.3 is 0 Å². The molecule has 32 heavy (non-hydrogen) atoms. The van der Waals surface area contributed by atoms with E-state index < -0.39 is 11.9 Å². The molecule has 3 heterocycles. The molecule has 0 amide bonds. The Bertz CT molecular complexity index is 1550. The number of aromatic nitrogens is 6. The predicted molar refractivity (Wildman–Crippen MR) is 124 cm³/mol. The van der Waals surface area contributed by atoms with E-state index in [1.54, 1.807) is 36.7 Å². The summed E-state index contributed by atoms with van der Waals surface area (Å²) in [5, 5.41) is 3.84. The minimum atomic E-state index is -0.490. The number of nitrogens with zero attached hydrogens (tertiary/aromatic N) is 5. The molecule has 0 aliphatic rings. The van der Waals surface area contributed by atoms with Gasteiger partial charge in [0.05, 0.1) is 0 Å². The van der Waals surface area contributed by atoms with Crippen molar-refractivity contribution in [1.29, 1.82) is 0 Å². The molecule has 0 fully saturated rings. The van der Waals surface area contributed by atoms with Crippen LogP contribution in [0.25, 0.3) is 27.8 Å². The van der Waals surface area contributed by atoms with E-state index in [0.717, 1.165) is 0 Å². The third kappa shape index (κ3) is 3.53. The normalized spacial score (nSPS) is 12.4. The van der Waals surface area contributed by atoms with Gasteiger partial charge in [0.2, 0.25) is 0 Å². The van der Waals surface area contributed by atoms with Crippen LogP contribution in [0, 0.1) is 5.82 Å². The number of fused-ring (bicyclic) bond motifs is 2. The first-order valence-corrected chi connectivity index (χ1v) is 11.2. The van der Waals surface area contributed by atoms with E-state index in [2.05, 4.69) is 25.3 Å². The molecule has 2 N–H and O–H groups in total. The third-order valence-corrected chi connectivity index (χ3v) is 5.83. The first-order chi connectivity index (χ1) is 15.4. The number of halogens is 2. The van der Waals surface area contributed by atoms with Gasteiger partial charge in [-0.25, -0.2) is 0 Å². The van der Waals surface area contributed by atoms with E-state index in [1.807, 2.05) is 6.92 Å². The van der Waals surface area contributed by atoms with Crippen molar-refractivity contribution in [3.05, 3.63) is 75.8 Å². The number of hydrogen-bond acceptors (Lipinski definition) is 6. The fourth-order valence-corrected chi connectivity index (χ4v) is 4.38. The molecule has 5 rings (SSSR count). The Hall–Kier alpha value is -3.29. The number of nitrogens with one attached hydrogen (secondary N) is 2. The Labute approximate surface area is 194 Å². The number of benzene rings is 2. The van der Waals surface area contributed by atoms with E-state index in [0.29, 0.717) is 38.6 Å². The Morgan fingerprint density at radius 1 is 1.19 bits per heavy atom. The van der Waals surface area contributed by atoms with Crippen LogP contribution in [-0.4, -0.2) is 46.3 Å². The number of anilines is 1. The molecule has 0 saturated carbocycles. The molecule has 2 atom stereocenters. The van der Waals surface area contributed by atoms with Crippen molar-refractivity contribution >= 4 is 61.0 Å². The van der Waals surface area contributed by atoms with Crippen molar-refractivity contribution in [3.8, 4) is 5.69 Å². The Balaban J connectivity index is 1.72. The maximum absolute atomic E-state index is 14.0. The Morgan fingerprint density at radius 3 is 2.81 bits per heavy atom. The summed E-state index contributed by atoms with van der Waals surface area (Å²) in [5.41, 5.74) is 1.59. The standard InChI is InChI=1S/C21H16AsClFN7O/c1-10(27-18-16-17(26-9-25-16)29-21(22)30-18)19-28-14-7-3-6-13(23)15(14)20(32)31(19)12-5-2-4-11(24)8-12/h2-10H,22H2,1H3,(H2,25,26,27,29,30)/t10-/m0/s1. The molecule has 0 spiro atoms. The molecule has 0 aliphatic carbocycles. The van der Waals surface area contributed by atoms with Gasteiger partial charge in [-0.3, -0.25) is 0 Å². The van der Waals surface area contributed by atoms with Crippen molar-refractivity contribution in [2.45, 2.75) is 13.0 Å². The van der Waals surface area contributed by atoms with Crippen molar-refractivity contribution in [1.82, 2.24) is 29.5 Å². The van der Waals surface area contributed by atoms with E-state index in [9.17, 15) is 9.18 Å². The van der Waals surface area contributed by atoms with Crippen molar-refractivity contribution in [2.75, 3.05) is 5.32 Å². The van der Waals surface area contributed by atoms with Crippen molar-refractivity contribution in [2.24, 2.45) is 0 Å². The topological polar surface area (TPSA) is 101 Å². The SMILES string of the molecule is C[C@H](Nc1nc([AsH2])nc2[nH]cnc12)c1nc2cccc(Cl)c2c(=O)n1-c1cccc(F)c1. The number of H-pyrrole nitrogens is 1. The second-order valence-corrected chi connectivity index (χ2v) is 8.61. The monoisotopic (exact) mass is 511 g/mol. The Morgan fingerprint density at radius 2 is 2.00 bits per heavy atom. The van der Waals surface area contributed by atoms with Crippen LogP contribution in [0.5, 0.6) is 0 Å². The van der Waals surface area contributed by atoms with E-state index in [4.69, 9.17) is 16.6 Å². The van der Waals surface area contributed by atoms with Gasteiger partial charge in [0.15, 0.2) is 0 Å². The quantitative estimate of drug-likeness (QED) is 0.359. The van der Waals surface area contributed by atoms with Gasteiger partial charge in [-0.05, 0) is 0 Å². The molecular formula is C21H16AsClFN7O. The zero-order valence-corrected chi connectivity index (χ0v) is 19.9. The Kier molecular flexibility index (Phi) is 5.15. The number of rotatable bonds is 4. The summed E-state index contributed by atoms with van der Waals surface area (Å²) < 4.78 is 16.0. The van der Waals surface area contributed by atoms with Crippen LogP contribution in [0.2, 0.25) is 5.02 Å². The molecule has 0 saturated heterocycles. The van der Waals surface area contributed by atoms with Gasteiger partial charge >= 0.3 is 195 Å². The number of hydrogen-bond donors (Lipinski definition) is 2. The predicted octanol–water partition coefficient (Wildman–Crippen LogP) is 2.28. The van der Waals surface area contributed by atoms with Crippen LogP contribution in [-0.2, 0) is 0 Å². The summed E-state index contributed by atoms with van der Waals surface area (Å²) in [4.78, 5) is 34.3. The summed E-state index contributed by atoms with van der Waals surface area (Å²) >= 11 is 7.58. The second kappa shape index (κ2) is 8.00. The van der Waals surface area contributed by atoms with Gasteiger partial charge in [-0.1, -0.05) is 0 Å². The van der Waals surface area contributed by atoms with Gasteiger partial charge in [0, 0.05) is 0 Å². The molecule has 5 aromatic rings. The van der Waals surface area contributed by atoms with Gasteiger partial charge in [0.1, 0.15) is 0 Å². The average Bonchev–Trinajstić information content (AvgIpc) is 3.22. The first kappa shape index (κ1) is 20.6. The molecule has 1 unspecified atom stereocenters. The fourth-order valence-electron chi connectivity index (χ4n) is 3.59. The fraction of sp³-hybridized carbons (Fsp3) is 0.0952. The van der Waals surface area contributed by atoms with Crippen LogP contribution < -0.4 is 15.5 Å². The van der Waals surface area contributed by atoms with E-state index in [-0.39, 0.29) is 16.0 Å². The minimum absolute atomic E-state index is 0.268. The van der Waals surface area contributed by atoms with Gasteiger partial charge in [-0.2, -0.15) is 0 Å². The summed E-state index contributed by atoms with van der Waals surface area (Å²) in [7, 11) is 0. The average molecular weight is 512 g/mol. The zero-order chi connectivity index (χ0) is 22.4. The van der Waals surface area contributed by atoms with Crippen LogP contribution >= 0.6 is 11.6 Å². The number of imidazole rings is 1. The van der Waals surface area contributed by atoms with Gasteiger partial charge in [0.25, 0.3) is 0 Å². The molecule has 0 radical (unpaired) electrons. The maximum atomic E-state index is 14.0. The first-order valence-electron chi connectivity index (χ1n) is 9.62. The summed E-state index contributed by atoms with van der Waals surface area (Å²) in [6.07, 6.45) is 1.54. The van der Waals surface area contributed by atoms with Crippen LogP contribution in [0.1, 0.15) is 18.8 Å². The summed E-state index contributed by atoms with van der Waals surface area (Å²) in [5.74, 6) is 0.419. The molecule has 8 nitrogen and oxygen atoms in total. The molecule has 0 aliphatic heterocycles. The molecule has 0 bridgehead atoms. The molecule has 11 heteroatoms. The van der Waals surface area contributed by atoms with Gasteiger partial charge in [-0.15, -0.1) is 0 Å². The third-order valence-electron chi connectivity index (χ3n) is 4.98. The van der Waals surface area contributed by atoms with E-state index >= 15 is 0 Å². The number of aromatic amines is 1.